The second-order valence-electron chi connectivity index (χ2n) is 8.62. The summed E-state index contributed by atoms with van der Waals surface area (Å²) in [6.45, 7) is 16.6. The average molecular weight is 453 g/mol. The van der Waals surface area contributed by atoms with Crippen LogP contribution in [0.15, 0.2) is 0 Å². The molecule has 0 aromatic carbocycles. The minimum atomic E-state index is -1.25. The molecule has 0 aromatic heterocycles. The fourth-order valence-electron chi connectivity index (χ4n) is 2.23. The van der Waals surface area contributed by atoms with Gasteiger partial charge in [-0.3, -0.25) is 4.79 Å². The Bertz CT molecular complexity index is 435. The van der Waals surface area contributed by atoms with Gasteiger partial charge in [0.15, 0.2) is 0 Å². The van der Waals surface area contributed by atoms with Gasteiger partial charge in [0.25, 0.3) is 0 Å². The lowest BCUT2D eigenvalue weighted by Crippen LogP contribution is -2.38. The number of carbonyl (C=O) groups excluding carboxylic acids is 1. The summed E-state index contributed by atoms with van der Waals surface area (Å²) in [5.74, 6) is -0.327. The Labute approximate surface area is 187 Å². The Kier molecular flexibility index (Phi) is 18.2. The van der Waals surface area contributed by atoms with E-state index in [-0.39, 0.29) is 30.5 Å². The number of hydrogen-bond acceptors (Lipinski definition) is 7. The lowest BCUT2D eigenvalue weighted by atomic mass is 10.1. The van der Waals surface area contributed by atoms with Crippen LogP contribution in [0.5, 0.6) is 0 Å². The van der Waals surface area contributed by atoms with Crippen molar-refractivity contribution in [1.82, 2.24) is 10.6 Å². The molecule has 0 radical (unpaired) electrons. The quantitative estimate of drug-likeness (QED) is 0.273. The van der Waals surface area contributed by atoms with Crippen LogP contribution in [0.3, 0.4) is 0 Å². The van der Waals surface area contributed by atoms with Gasteiger partial charge in [-0.25, -0.2) is 4.39 Å². The van der Waals surface area contributed by atoms with Crippen molar-refractivity contribution in [3.05, 3.63) is 0 Å². The summed E-state index contributed by atoms with van der Waals surface area (Å²) < 4.78 is 41.0. The lowest BCUT2D eigenvalue weighted by Gasteiger charge is -2.20. The van der Waals surface area contributed by atoms with E-state index in [1.807, 2.05) is 0 Å². The topological polar surface area (TPSA) is 87.3 Å². The minimum absolute atomic E-state index is 0.0461. The molecule has 0 rings (SSSR count). The predicted molar refractivity (Wildman–Crippen MR) is 119 cm³/mol. The number of carbonyl (C=O) groups is 1. The summed E-state index contributed by atoms with van der Waals surface area (Å²) in [5.41, 5.74) is 0.108. The maximum absolute atomic E-state index is 13.9. The fraction of sp³-hybridized carbons (Fsp3) is 0.955. The van der Waals surface area contributed by atoms with E-state index in [9.17, 15) is 9.18 Å². The number of halogens is 1. The van der Waals surface area contributed by atoms with Gasteiger partial charge < -0.3 is 34.3 Å². The zero-order valence-electron chi connectivity index (χ0n) is 20.3. The van der Waals surface area contributed by atoms with Crippen LogP contribution in [-0.2, 0) is 28.5 Å². The number of amides is 1. The molecule has 0 bridgehead atoms. The van der Waals surface area contributed by atoms with E-state index in [4.69, 9.17) is 23.7 Å². The summed E-state index contributed by atoms with van der Waals surface area (Å²) in [6.07, 6.45) is -1.86. The van der Waals surface area contributed by atoms with Crippen LogP contribution in [0, 0.1) is 5.92 Å². The van der Waals surface area contributed by atoms with Crippen molar-refractivity contribution in [3.63, 3.8) is 0 Å². The van der Waals surface area contributed by atoms with E-state index in [1.165, 1.54) is 0 Å². The smallest absolute Gasteiger partial charge is 0.222 e. The van der Waals surface area contributed by atoms with E-state index in [1.54, 1.807) is 20.8 Å². The molecular formula is C22H45FN2O6. The zero-order chi connectivity index (χ0) is 23.5. The molecule has 0 aliphatic heterocycles. The summed E-state index contributed by atoms with van der Waals surface area (Å²) >= 11 is 0. The van der Waals surface area contributed by atoms with Crippen LogP contribution in [0.25, 0.3) is 0 Å². The Morgan fingerprint density at radius 3 is 1.71 bits per heavy atom. The molecule has 9 heteroatoms. The Morgan fingerprint density at radius 2 is 1.26 bits per heavy atom. The molecular weight excluding hydrogens is 407 g/mol. The molecule has 0 aliphatic rings. The molecule has 0 saturated heterocycles. The van der Waals surface area contributed by atoms with Gasteiger partial charge in [-0.05, 0) is 27.7 Å². The van der Waals surface area contributed by atoms with Gasteiger partial charge in [-0.15, -0.1) is 0 Å². The highest BCUT2D eigenvalue weighted by Crippen LogP contribution is 2.03. The van der Waals surface area contributed by atoms with Crippen molar-refractivity contribution >= 4 is 5.91 Å². The van der Waals surface area contributed by atoms with Gasteiger partial charge in [0.2, 0.25) is 5.91 Å². The molecule has 1 amide bonds. The van der Waals surface area contributed by atoms with Gasteiger partial charge in [-0.2, -0.15) is 0 Å². The van der Waals surface area contributed by atoms with Crippen molar-refractivity contribution < 1.29 is 32.9 Å². The summed E-state index contributed by atoms with van der Waals surface area (Å²) in [4.78, 5) is 11.4. The maximum Gasteiger partial charge on any atom is 0.222 e. The Hall–Kier alpha value is -0.840. The highest BCUT2D eigenvalue weighted by atomic mass is 19.1. The van der Waals surface area contributed by atoms with Crippen molar-refractivity contribution in [1.29, 1.82) is 0 Å². The van der Waals surface area contributed by atoms with Gasteiger partial charge in [0, 0.05) is 18.0 Å². The van der Waals surface area contributed by atoms with Gasteiger partial charge in [0.05, 0.1) is 72.1 Å². The highest BCUT2D eigenvalue weighted by Gasteiger charge is 2.18. The molecule has 8 nitrogen and oxygen atoms in total. The highest BCUT2D eigenvalue weighted by molar-refractivity contribution is 5.77. The van der Waals surface area contributed by atoms with Crippen molar-refractivity contribution in [3.8, 4) is 0 Å². The first-order valence-electron chi connectivity index (χ1n) is 11.2. The number of ether oxygens (including phenoxy) is 5. The molecule has 186 valence electrons. The van der Waals surface area contributed by atoms with E-state index in [0.29, 0.717) is 52.9 Å². The molecule has 2 unspecified atom stereocenters. The summed E-state index contributed by atoms with van der Waals surface area (Å²) in [5, 5.41) is 5.91. The largest absolute Gasteiger partial charge is 0.378 e. The number of rotatable bonds is 20. The molecule has 0 heterocycles. The first-order chi connectivity index (χ1) is 14.6. The zero-order valence-corrected chi connectivity index (χ0v) is 20.3. The second kappa shape index (κ2) is 18.7. The van der Waals surface area contributed by atoms with E-state index < -0.39 is 12.3 Å². The molecule has 2 N–H and O–H groups in total. The first-order valence-corrected chi connectivity index (χ1v) is 11.2. The summed E-state index contributed by atoms with van der Waals surface area (Å²) in [7, 11) is 0. The van der Waals surface area contributed by atoms with E-state index >= 15 is 0 Å². The molecule has 2 atom stereocenters. The third kappa shape index (κ3) is 20.8. The van der Waals surface area contributed by atoms with Gasteiger partial charge in [0.1, 0.15) is 6.17 Å². The molecule has 0 aromatic rings. The van der Waals surface area contributed by atoms with E-state index in [0.717, 1.165) is 6.54 Å². The predicted octanol–water partition coefficient (Wildman–Crippen LogP) is 1.96. The molecule has 0 saturated carbocycles. The third-order valence-electron chi connectivity index (χ3n) is 4.13. The number of hydrogen-bond donors (Lipinski definition) is 2. The average Bonchev–Trinajstić information content (AvgIpc) is 2.70. The Balaban J connectivity index is 3.33. The van der Waals surface area contributed by atoms with Crippen LogP contribution >= 0.6 is 0 Å². The SMILES string of the molecule is CC(C)C(=O)NCC(F)C(C)OCCOCCOCCOCCOCCNC(C)(C)C. The van der Waals surface area contributed by atoms with Gasteiger partial charge >= 0.3 is 0 Å². The minimum Gasteiger partial charge on any atom is -0.378 e. The molecule has 31 heavy (non-hydrogen) atoms. The van der Waals surface area contributed by atoms with Crippen LogP contribution in [0.2, 0.25) is 0 Å². The standard InChI is InChI=1S/C22H45FN2O6/c1-18(2)21(26)24-17-20(23)19(3)31-16-15-30-14-13-29-12-11-28-10-9-27-8-7-25-22(4,5)6/h18-20,25H,7-17H2,1-6H3,(H,24,26). The normalized spacial score (nSPS) is 14.1. The molecule has 0 fully saturated rings. The molecule has 0 aliphatic carbocycles. The van der Waals surface area contributed by atoms with E-state index in [2.05, 4.69) is 31.4 Å². The number of nitrogens with one attached hydrogen (secondary N) is 2. The molecule has 0 spiro atoms. The first kappa shape index (κ1) is 30.2. The fourth-order valence-corrected chi connectivity index (χ4v) is 2.23. The van der Waals surface area contributed by atoms with Crippen LogP contribution in [0.4, 0.5) is 4.39 Å². The maximum atomic E-state index is 13.9. The van der Waals surface area contributed by atoms with Gasteiger partial charge in [-0.1, -0.05) is 13.8 Å². The van der Waals surface area contributed by atoms with Crippen molar-refractivity contribution in [2.75, 3.05) is 72.6 Å². The van der Waals surface area contributed by atoms with Crippen LogP contribution < -0.4 is 10.6 Å². The second-order valence-corrected chi connectivity index (χ2v) is 8.62. The van der Waals surface area contributed by atoms with Crippen molar-refractivity contribution in [2.24, 2.45) is 5.92 Å². The monoisotopic (exact) mass is 452 g/mol. The summed E-state index contributed by atoms with van der Waals surface area (Å²) in [6, 6.07) is 0. The van der Waals surface area contributed by atoms with Crippen LogP contribution in [0.1, 0.15) is 41.5 Å². The Morgan fingerprint density at radius 1 is 0.806 bits per heavy atom. The van der Waals surface area contributed by atoms with Crippen molar-refractivity contribution in [2.45, 2.75) is 59.4 Å². The third-order valence-corrected chi connectivity index (χ3v) is 4.13. The van der Waals surface area contributed by atoms with Crippen LogP contribution in [-0.4, -0.2) is 96.3 Å². The number of alkyl halides is 1. The lowest BCUT2D eigenvalue weighted by molar-refractivity contribution is -0.124.